The standard InChI is InChI=1S/C23H18ClFN4O3S/c24-20-7-6-19(33-20)23(32)28-18-10-13(9-14(18)12-26)22(31)27-17-5-4-15(11-16(17)25)29-8-2-1-3-21(29)30/h1-8,11,13-14,18H,9-10H2,(H,27,31)(H,28,32)/t13-,14?,18-/m0/s1. The van der Waals surface area contributed by atoms with Crippen LogP contribution in [0.2, 0.25) is 4.34 Å². The van der Waals surface area contributed by atoms with Crippen molar-refractivity contribution in [1.82, 2.24) is 9.88 Å². The van der Waals surface area contributed by atoms with E-state index < -0.39 is 29.6 Å². The van der Waals surface area contributed by atoms with Crippen LogP contribution in [0.25, 0.3) is 5.69 Å². The lowest BCUT2D eigenvalue weighted by Crippen LogP contribution is -2.37. The minimum absolute atomic E-state index is 0.0260. The second-order valence-electron chi connectivity index (χ2n) is 7.65. The van der Waals surface area contributed by atoms with Crippen molar-refractivity contribution >= 4 is 40.4 Å². The molecule has 1 saturated carbocycles. The van der Waals surface area contributed by atoms with E-state index in [-0.39, 0.29) is 30.0 Å². The molecule has 3 atom stereocenters. The fourth-order valence-electron chi connectivity index (χ4n) is 3.86. The normalized spacial score (nSPS) is 19.6. The number of rotatable bonds is 5. The first kappa shape index (κ1) is 22.7. The Labute approximate surface area is 197 Å². The van der Waals surface area contributed by atoms with Crippen LogP contribution in [-0.4, -0.2) is 22.4 Å². The molecule has 168 valence electrons. The average Bonchev–Trinajstić information content (AvgIpc) is 3.41. The van der Waals surface area contributed by atoms with Crippen LogP contribution >= 0.6 is 22.9 Å². The number of amides is 2. The summed E-state index contributed by atoms with van der Waals surface area (Å²) in [6.45, 7) is 0. The van der Waals surface area contributed by atoms with Crippen LogP contribution in [0.5, 0.6) is 0 Å². The quantitative estimate of drug-likeness (QED) is 0.571. The third-order valence-electron chi connectivity index (χ3n) is 5.52. The van der Waals surface area contributed by atoms with E-state index in [1.54, 1.807) is 24.3 Å². The first-order chi connectivity index (χ1) is 15.9. The van der Waals surface area contributed by atoms with E-state index in [4.69, 9.17) is 11.6 Å². The number of anilines is 1. The molecule has 2 amide bonds. The first-order valence-corrected chi connectivity index (χ1v) is 11.3. The van der Waals surface area contributed by atoms with Crippen molar-refractivity contribution in [1.29, 1.82) is 5.26 Å². The van der Waals surface area contributed by atoms with Crippen LogP contribution in [0, 0.1) is 29.0 Å². The lowest BCUT2D eigenvalue weighted by Gasteiger charge is -2.15. The molecule has 0 bridgehead atoms. The molecule has 3 aromatic rings. The van der Waals surface area contributed by atoms with Crippen LogP contribution in [0.15, 0.2) is 59.5 Å². The Hall–Kier alpha value is -3.48. The molecular weight excluding hydrogens is 467 g/mol. The lowest BCUT2D eigenvalue weighted by atomic mass is 10.0. The third-order valence-corrected chi connectivity index (χ3v) is 6.75. The Bertz CT molecular complexity index is 1320. The predicted octanol–water partition coefficient (Wildman–Crippen LogP) is 3.98. The highest BCUT2D eigenvalue weighted by atomic mass is 35.5. The largest absolute Gasteiger partial charge is 0.347 e. The summed E-state index contributed by atoms with van der Waals surface area (Å²) < 4.78 is 16.4. The monoisotopic (exact) mass is 484 g/mol. The van der Waals surface area contributed by atoms with Crippen molar-refractivity contribution in [3.05, 3.63) is 80.1 Å². The Morgan fingerprint density at radius 3 is 2.67 bits per heavy atom. The van der Waals surface area contributed by atoms with Crippen LogP contribution in [-0.2, 0) is 4.79 Å². The Morgan fingerprint density at radius 2 is 2.00 bits per heavy atom. The summed E-state index contributed by atoms with van der Waals surface area (Å²) in [6.07, 6.45) is 2.03. The molecule has 1 unspecified atom stereocenters. The molecule has 10 heteroatoms. The Morgan fingerprint density at radius 1 is 1.18 bits per heavy atom. The van der Waals surface area contributed by atoms with Gasteiger partial charge in [0.05, 0.1) is 32.6 Å². The highest BCUT2D eigenvalue weighted by molar-refractivity contribution is 7.18. The molecule has 2 heterocycles. The number of thiophene rings is 1. The van der Waals surface area contributed by atoms with Gasteiger partial charge in [-0.25, -0.2) is 4.39 Å². The molecule has 1 aliphatic rings. The molecule has 33 heavy (non-hydrogen) atoms. The van der Waals surface area contributed by atoms with Gasteiger partial charge in [-0.15, -0.1) is 11.3 Å². The SMILES string of the molecule is N#CC1C[C@H](C(=O)Nc2ccc(-n3ccccc3=O)cc2F)C[C@@H]1NC(=O)c1ccc(Cl)s1. The second kappa shape index (κ2) is 9.57. The minimum Gasteiger partial charge on any atom is -0.347 e. The number of nitrogens with zero attached hydrogens (tertiary/aromatic N) is 2. The number of carbonyl (C=O) groups is 2. The summed E-state index contributed by atoms with van der Waals surface area (Å²) in [5.41, 5.74) is 0.0000117. The van der Waals surface area contributed by atoms with Crippen molar-refractivity contribution in [2.24, 2.45) is 11.8 Å². The maximum Gasteiger partial charge on any atom is 0.261 e. The van der Waals surface area contributed by atoms with Gasteiger partial charge in [-0.05, 0) is 43.2 Å². The predicted molar refractivity (Wildman–Crippen MR) is 123 cm³/mol. The molecule has 1 aromatic carbocycles. The fourth-order valence-corrected chi connectivity index (χ4v) is 4.81. The Balaban J connectivity index is 1.43. The van der Waals surface area contributed by atoms with Crippen molar-refractivity contribution in [3.63, 3.8) is 0 Å². The zero-order chi connectivity index (χ0) is 23.5. The van der Waals surface area contributed by atoms with Gasteiger partial charge in [0.1, 0.15) is 5.82 Å². The van der Waals surface area contributed by atoms with Gasteiger partial charge < -0.3 is 10.6 Å². The van der Waals surface area contributed by atoms with E-state index in [0.717, 1.165) is 11.3 Å². The molecular formula is C23H18ClFN4O3S. The number of halogens is 2. The molecule has 4 rings (SSSR count). The maximum atomic E-state index is 14.6. The van der Waals surface area contributed by atoms with Crippen LogP contribution in [0.3, 0.4) is 0 Å². The summed E-state index contributed by atoms with van der Waals surface area (Å²) in [5.74, 6) is -2.59. The maximum absolute atomic E-state index is 14.6. The van der Waals surface area contributed by atoms with Gasteiger partial charge in [0.15, 0.2) is 0 Å². The molecule has 1 fully saturated rings. The summed E-state index contributed by atoms with van der Waals surface area (Å²) in [5, 5.41) is 14.8. The van der Waals surface area contributed by atoms with Gasteiger partial charge in [-0.3, -0.25) is 19.0 Å². The minimum atomic E-state index is -0.689. The molecule has 0 radical (unpaired) electrons. The van der Waals surface area contributed by atoms with E-state index in [9.17, 15) is 24.0 Å². The van der Waals surface area contributed by atoms with Crippen molar-refractivity contribution in [2.45, 2.75) is 18.9 Å². The number of benzene rings is 1. The van der Waals surface area contributed by atoms with E-state index in [0.29, 0.717) is 14.9 Å². The molecule has 0 saturated heterocycles. The van der Waals surface area contributed by atoms with Gasteiger partial charge in [-0.2, -0.15) is 5.26 Å². The summed E-state index contributed by atoms with van der Waals surface area (Å²) in [7, 11) is 0. The van der Waals surface area contributed by atoms with Gasteiger partial charge in [0.25, 0.3) is 11.5 Å². The van der Waals surface area contributed by atoms with Crippen LogP contribution in [0.1, 0.15) is 22.5 Å². The zero-order valence-corrected chi connectivity index (χ0v) is 18.7. The van der Waals surface area contributed by atoms with Crippen molar-refractivity contribution in [3.8, 4) is 11.8 Å². The Kier molecular flexibility index (Phi) is 6.58. The molecule has 7 nitrogen and oxygen atoms in total. The average molecular weight is 485 g/mol. The zero-order valence-electron chi connectivity index (χ0n) is 17.1. The van der Waals surface area contributed by atoms with Crippen molar-refractivity contribution in [2.75, 3.05) is 5.32 Å². The number of pyridine rings is 1. The number of nitriles is 1. The van der Waals surface area contributed by atoms with Crippen molar-refractivity contribution < 1.29 is 14.0 Å². The highest BCUT2D eigenvalue weighted by Crippen LogP contribution is 2.33. The van der Waals surface area contributed by atoms with Gasteiger partial charge in [0, 0.05) is 30.3 Å². The van der Waals surface area contributed by atoms with Crippen LogP contribution < -0.4 is 16.2 Å². The van der Waals surface area contributed by atoms with E-state index in [1.165, 1.54) is 35.0 Å². The number of carbonyl (C=O) groups excluding carboxylic acids is 2. The summed E-state index contributed by atoms with van der Waals surface area (Å²) in [4.78, 5) is 37.5. The lowest BCUT2D eigenvalue weighted by molar-refractivity contribution is -0.119. The number of nitrogens with one attached hydrogen (secondary N) is 2. The first-order valence-electron chi connectivity index (χ1n) is 10.1. The fraction of sp³-hybridized carbons (Fsp3) is 0.217. The van der Waals surface area contributed by atoms with E-state index >= 15 is 0 Å². The highest BCUT2D eigenvalue weighted by Gasteiger charge is 2.39. The summed E-state index contributed by atoms with van der Waals surface area (Å²) >= 11 is 7.00. The molecule has 2 N–H and O–H groups in total. The van der Waals surface area contributed by atoms with Gasteiger partial charge in [-0.1, -0.05) is 17.7 Å². The third kappa shape index (κ3) is 4.97. The molecule has 0 aliphatic heterocycles. The molecule has 0 spiro atoms. The molecule has 1 aliphatic carbocycles. The van der Waals surface area contributed by atoms with Gasteiger partial charge >= 0.3 is 0 Å². The van der Waals surface area contributed by atoms with E-state index in [1.807, 2.05) is 0 Å². The van der Waals surface area contributed by atoms with Gasteiger partial charge in [0.2, 0.25) is 5.91 Å². The second-order valence-corrected chi connectivity index (χ2v) is 9.36. The van der Waals surface area contributed by atoms with Crippen LogP contribution in [0.4, 0.5) is 10.1 Å². The van der Waals surface area contributed by atoms with E-state index in [2.05, 4.69) is 16.7 Å². The molecule has 2 aromatic heterocycles. The number of hydrogen-bond acceptors (Lipinski definition) is 5. The topological polar surface area (TPSA) is 104 Å². The summed E-state index contributed by atoms with van der Waals surface area (Å²) in [6, 6.07) is 13.5. The number of hydrogen-bond donors (Lipinski definition) is 2. The smallest absolute Gasteiger partial charge is 0.261 e. The number of aromatic nitrogens is 1.